The molecule has 1 saturated carbocycles. The second-order valence-corrected chi connectivity index (χ2v) is 5.23. The lowest BCUT2D eigenvalue weighted by atomic mass is 9.84. The molecule has 18 heavy (non-hydrogen) atoms. The van der Waals surface area contributed by atoms with Gasteiger partial charge < -0.3 is 0 Å². The molecule has 0 bridgehead atoms. The molecule has 0 heteroatoms. The molecular formula is C18H19. The van der Waals surface area contributed by atoms with E-state index in [2.05, 4.69) is 42.5 Å². The molecule has 0 aromatic heterocycles. The average Bonchev–Trinajstić information content (AvgIpc) is 2.49. The van der Waals surface area contributed by atoms with Crippen molar-refractivity contribution in [1.29, 1.82) is 0 Å². The van der Waals surface area contributed by atoms with Crippen molar-refractivity contribution in [2.75, 3.05) is 0 Å². The van der Waals surface area contributed by atoms with Crippen LogP contribution in [0.15, 0.2) is 48.5 Å². The average molecular weight is 235 g/mol. The normalized spacial score (nSPS) is 16.7. The number of hydrogen-bond acceptors (Lipinski definition) is 0. The fourth-order valence-corrected chi connectivity index (χ4v) is 2.94. The van der Waals surface area contributed by atoms with Crippen LogP contribution in [0.4, 0.5) is 0 Å². The molecule has 0 spiro atoms. The van der Waals surface area contributed by atoms with Crippen molar-refractivity contribution < 1.29 is 0 Å². The van der Waals surface area contributed by atoms with E-state index in [1.54, 1.807) is 0 Å². The molecule has 1 radical (unpaired) electrons. The lowest BCUT2D eigenvalue weighted by Gasteiger charge is -2.22. The van der Waals surface area contributed by atoms with E-state index in [1.807, 2.05) is 12.1 Å². The van der Waals surface area contributed by atoms with Gasteiger partial charge in [-0.2, -0.15) is 0 Å². The maximum absolute atomic E-state index is 3.28. The van der Waals surface area contributed by atoms with Crippen LogP contribution in [0, 0.1) is 6.07 Å². The maximum atomic E-state index is 3.28. The van der Waals surface area contributed by atoms with Gasteiger partial charge in [-0.3, -0.25) is 0 Å². The van der Waals surface area contributed by atoms with Crippen molar-refractivity contribution in [2.24, 2.45) is 0 Å². The van der Waals surface area contributed by atoms with E-state index in [1.165, 1.54) is 48.8 Å². The van der Waals surface area contributed by atoms with Gasteiger partial charge in [-0.05, 0) is 41.5 Å². The van der Waals surface area contributed by atoms with Crippen molar-refractivity contribution in [1.82, 2.24) is 0 Å². The summed E-state index contributed by atoms with van der Waals surface area (Å²) in [5.41, 5.74) is 3.98. The standard InChI is InChI=1S/C18H19/c1-3-7-15(8-4-1)17-11-13-18(14-12-17)16-9-5-2-6-10-16/h1,3-4,7,11-14,16H,2,5-6,9-10H2. The van der Waals surface area contributed by atoms with Crippen molar-refractivity contribution in [3.8, 4) is 11.1 Å². The molecule has 2 aromatic rings. The van der Waals surface area contributed by atoms with E-state index >= 15 is 0 Å². The summed E-state index contributed by atoms with van der Waals surface area (Å²) in [6, 6.07) is 20.6. The Balaban J connectivity index is 1.80. The highest BCUT2D eigenvalue weighted by atomic mass is 14.2. The lowest BCUT2D eigenvalue weighted by Crippen LogP contribution is -2.04. The van der Waals surface area contributed by atoms with Gasteiger partial charge in [0.25, 0.3) is 0 Å². The molecule has 0 unspecified atom stereocenters. The van der Waals surface area contributed by atoms with E-state index in [0.29, 0.717) is 0 Å². The number of rotatable bonds is 2. The van der Waals surface area contributed by atoms with Crippen molar-refractivity contribution in [2.45, 2.75) is 38.0 Å². The minimum atomic E-state index is 0.799. The predicted octanol–water partition coefficient (Wildman–Crippen LogP) is 5.20. The fraction of sp³-hybridized carbons (Fsp3) is 0.333. The first-order valence-electron chi connectivity index (χ1n) is 7.00. The smallest absolute Gasteiger partial charge is 0.00992 e. The van der Waals surface area contributed by atoms with Gasteiger partial charge in [0.2, 0.25) is 0 Å². The Hall–Kier alpha value is -1.56. The molecule has 1 aliphatic carbocycles. The molecule has 0 amide bonds. The second kappa shape index (κ2) is 5.39. The van der Waals surface area contributed by atoms with Gasteiger partial charge in [-0.15, -0.1) is 0 Å². The van der Waals surface area contributed by atoms with E-state index < -0.39 is 0 Å². The molecule has 1 fully saturated rings. The first-order valence-corrected chi connectivity index (χ1v) is 7.00. The molecule has 3 rings (SSSR count). The van der Waals surface area contributed by atoms with Gasteiger partial charge in [0, 0.05) is 0 Å². The largest absolute Gasteiger partial charge is 0.0616 e. The molecule has 91 valence electrons. The Labute approximate surface area is 110 Å². The summed E-state index contributed by atoms with van der Waals surface area (Å²) >= 11 is 0. The first-order chi connectivity index (χ1) is 8.93. The second-order valence-electron chi connectivity index (χ2n) is 5.23. The molecular weight excluding hydrogens is 216 g/mol. The highest BCUT2D eigenvalue weighted by Crippen LogP contribution is 2.33. The quantitative estimate of drug-likeness (QED) is 0.671. The SMILES string of the molecule is [c]1ccccc1-c1ccc(C2CCCCC2)cc1. The minimum absolute atomic E-state index is 0.799. The predicted molar refractivity (Wildman–Crippen MR) is 76.5 cm³/mol. The highest BCUT2D eigenvalue weighted by molar-refractivity contribution is 5.62. The summed E-state index contributed by atoms with van der Waals surface area (Å²) < 4.78 is 0. The summed E-state index contributed by atoms with van der Waals surface area (Å²) in [5, 5.41) is 0. The molecule has 0 atom stereocenters. The van der Waals surface area contributed by atoms with Gasteiger partial charge in [0.1, 0.15) is 0 Å². The Morgan fingerprint density at radius 3 is 2.28 bits per heavy atom. The zero-order chi connectivity index (χ0) is 12.2. The zero-order valence-electron chi connectivity index (χ0n) is 10.7. The van der Waals surface area contributed by atoms with E-state index in [-0.39, 0.29) is 0 Å². The van der Waals surface area contributed by atoms with Gasteiger partial charge in [0.15, 0.2) is 0 Å². The van der Waals surface area contributed by atoms with E-state index in [9.17, 15) is 0 Å². The molecule has 0 aliphatic heterocycles. The van der Waals surface area contributed by atoms with Crippen LogP contribution in [0.25, 0.3) is 11.1 Å². The third-order valence-corrected chi connectivity index (χ3v) is 4.01. The highest BCUT2D eigenvalue weighted by Gasteiger charge is 2.15. The first kappa shape index (κ1) is 11.5. The third-order valence-electron chi connectivity index (χ3n) is 4.01. The van der Waals surface area contributed by atoms with Crippen LogP contribution in [-0.4, -0.2) is 0 Å². The number of benzene rings is 2. The van der Waals surface area contributed by atoms with Gasteiger partial charge in [-0.25, -0.2) is 0 Å². The van der Waals surface area contributed by atoms with Crippen LogP contribution in [-0.2, 0) is 0 Å². The maximum Gasteiger partial charge on any atom is -0.00992 e. The van der Waals surface area contributed by atoms with E-state index in [4.69, 9.17) is 0 Å². The van der Waals surface area contributed by atoms with Gasteiger partial charge >= 0.3 is 0 Å². The summed E-state index contributed by atoms with van der Waals surface area (Å²) in [5.74, 6) is 0.799. The molecule has 0 N–H and O–H groups in total. The zero-order valence-corrected chi connectivity index (χ0v) is 10.7. The molecule has 2 aromatic carbocycles. The lowest BCUT2D eigenvalue weighted by molar-refractivity contribution is 0.443. The van der Waals surface area contributed by atoms with Crippen molar-refractivity contribution in [3.63, 3.8) is 0 Å². The summed E-state index contributed by atoms with van der Waals surface area (Å²) in [4.78, 5) is 0. The minimum Gasteiger partial charge on any atom is -0.0616 e. The molecule has 1 aliphatic rings. The Morgan fingerprint density at radius 2 is 1.61 bits per heavy atom. The third kappa shape index (κ3) is 2.48. The van der Waals surface area contributed by atoms with Crippen LogP contribution in [0.3, 0.4) is 0 Å². The summed E-state index contributed by atoms with van der Waals surface area (Å²) in [6.45, 7) is 0. The van der Waals surface area contributed by atoms with Crippen LogP contribution in [0.2, 0.25) is 0 Å². The molecule has 0 heterocycles. The Kier molecular flexibility index (Phi) is 3.45. The van der Waals surface area contributed by atoms with Crippen LogP contribution < -0.4 is 0 Å². The fourth-order valence-electron chi connectivity index (χ4n) is 2.94. The Bertz CT molecular complexity index is 475. The summed E-state index contributed by atoms with van der Waals surface area (Å²) in [7, 11) is 0. The number of hydrogen-bond donors (Lipinski definition) is 0. The van der Waals surface area contributed by atoms with Crippen LogP contribution in [0.5, 0.6) is 0 Å². The Morgan fingerprint density at radius 1 is 0.833 bits per heavy atom. The molecule has 0 nitrogen and oxygen atoms in total. The molecule has 0 saturated heterocycles. The van der Waals surface area contributed by atoms with Crippen LogP contribution >= 0.6 is 0 Å². The summed E-state index contributed by atoms with van der Waals surface area (Å²) in [6.07, 6.45) is 6.97. The monoisotopic (exact) mass is 235 g/mol. The van der Waals surface area contributed by atoms with Gasteiger partial charge in [-0.1, -0.05) is 67.8 Å². The van der Waals surface area contributed by atoms with Gasteiger partial charge in [0.05, 0.1) is 0 Å². The van der Waals surface area contributed by atoms with Crippen LogP contribution in [0.1, 0.15) is 43.6 Å². The van der Waals surface area contributed by atoms with Crippen molar-refractivity contribution in [3.05, 3.63) is 60.2 Å². The topological polar surface area (TPSA) is 0 Å². The van der Waals surface area contributed by atoms with E-state index in [0.717, 1.165) is 5.92 Å². The van der Waals surface area contributed by atoms with Crippen molar-refractivity contribution >= 4 is 0 Å².